The molecule has 0 aromatic heterocycles. The molecule has 0 aliphatic heterocycles. The summed E-state index contributed by atoms with van der Waals surface area (Å²) in [4.78, 5) is 0.267. The van der Waals surface area contributed by atoms with Crippen LogP contribution in [0.15, 0.2) is 27.6 Å². The van der Waals surface area contributed by atoms with Gasteiger partial charge in [-0.1, -0.05) is 26.7 Å². The third-order valence-electron chi connectivity index (χ3n) is 1.90. The second-order valence-corrected chi connectivity index (χ2v) is 6.33. The average Bonchev–Trinajstić information content (AvgIpc) is 2.21. The summed E-state index contributed by atoms with van der Waals surface area (Å²) in [5.41, 5.74) is 6.02. The Hall–Kier alpha value is -0.550. The summed E-state index contributed by atoms with van der Waals surface area (Å²) >= 11 is 3.15. The summed E-state index contributed by atoms with van der Waals surface area (Å²) in [5.74, 6) is 0. The summed E-state index contributed by atoms with van der Waals surface area (Å²) in [6.07, 6.45) is 3.80. The number of benzene rings is 1. The van der Waals surface area contributed by atoms with Gasteiger partial charge in [-0.2, -0.15) is 0 Å². The van der Waals surface area contributed by atoms with E-state index in [4.69, 9.17) is 5.73 Å². The maximum Gasteiger partial charge on any atom is 0.175 e. The quantitative estimate of drug-likeness (QED) is 0.853. The highest BCUT2D eigenvalue weighted by Crippen LogP contribution is 2.22. The first-order valence-corrected chi connectivity index (χ1v) is 7.76. The Morgan fingerprint density at radius 3 is 2.06 bits per heavy atom. The number of hydrogen-bond donors (Lipinski definition) is 1. The molecule has 5 heteroatoms. The van der Waals surface area contributed by atoms with Crippen molar-refractivity contribution in [1.29, 1.82) is 0 Å². The fourth-order valence-electron chi connectivity index (χ4n) is 0.739. The average molecular weight is 308 g/mol. The molecule has 1 aromatic rings. The van der Waals surface area contributed by atoms with Crippen molar-refractivity contribution < 1.29 is 8.42 Å². The van der Waals surface area contributed by atoms with Crippen molar-refractivity contribution in [2.24, 2.45) is 0 Å². The lowest BCUT2D eigenvalue weighted by atomic mass is 10.3. The first-order chi connectivity index (χ1) is 7.32. The highest BCUT2D eigenvalue weighted by Gasteiger charge is 2.07. The minimum atomic E-state index is -3.13. The van der Waals surface area contributed by atoms with Gasteiger partial charge in [-0.3, -0.25) is 0 Å². The molecule has 0 fully saturated rings. The zero-order valence-electron chi connectivity index (χ0n) is 9.83. The van der Waals surface area contributed by atoms with Gasteiger partial charge in [-0.15, -0.1) is 0 Å². The number of hydrogen-bond acceptors (Lipinski definition) is 3. The van der Waals surface area contributed by atoms with E-state index >= 15 is 0 Å². The Morgan fingerprint density at radius 1 is 1.25 bits per heavy atom. The normalized spacial score (nSPS) is 10.5. The molecule has 16 heavy (non-hydrogen) atoms. The van der Waals surface area contributed by atoms with E-state index in [0.717, 1.165) is 6.26 Å². The summed E-state index contributed by atoms with van der Waals surface area (Å²) < 4.78 is 22.7. The van der Waals surface area contributed by atoms with E-state index in [-0.39, 0.29) is 4.90 Å². The number of sulfone groups is 1. The van der Waals surface area contributed by atoms with Gasteiger partial charge < -0.3 is 5.73 Å². The van der Waals surface area contributed by atoms with E-state index in [1.165, 1.54) is 25.0 Å². The molecule has 2 N–H and O–H groups in total. The molecule has 0 saturated carbocycles. The van der Waals surface area contributed by atoms with Crippen LogP contribution in [0.5, 0.6) is 0 Å². The first kappa shape index (κ1) is 15.4. The van der Waals surface area contributed by atoms with Crippen molar-refractivity contribution >= 4 is 31.5 Å². The van der Waals surface area contributed by atoms with Crippen LogP contribution < -0.4 is 5.73 Å². The zero-order chi connectivity index (χ0) is 12.8. The predicted molar refractivity (Wildman–Crippen MR) is 72.2 cm³/mol. The van der Waals surface area contributed by atoms with E-state index in [9.17, 15) is 8.42 Å². The fourth-order valence-corrected chi connectivity index (χ4v) is 1.92. The summed E-state index contributed by atoms with van der Waals surface area (Å²) in [5, 5.41) is 0. The predicted octanol–water partition coefficient (Wildman–Crippen LogP) is 3.24. The van der Waals surface area contributed by atoms with Crippen molar-refractivity contribution in [3.63, 3.8) is 0 Å². The van der Waals surface area contributed by atoms with Crippen LogP contribution in [-0.2, 0) is 9.84 Å². The van der Waals surface area contributed by atoms with E-state index in [0.29, 0.717) is 10.2 Å². The van der Waals surface area contributed by atoms with Crippen molar-refractivity contribution in [3.05, 3.63) is 22.7 Å². The number of nitrogens with two attached hydrogens (primary N) is 1. The van der Waals surface area contributed by atoms with Gasteiger partial charge in [-0.05, 0) is 34.1 Å². The zero-order valence-corrected chi connectivity index (χ0v) is 12.2. The maximum absolute atomic E-state index is 11.0. The first-order valence-electron chi connectivity index (χ1n) is 5.08. The minimum Gasteiger partial charge on any atom is -0.398 e. The molecule has 0 aliphatic carbocycles. The molecule has 1 aromatic carbocycles. The smallest absolute Gasteiger partial charge is 0.175 e. The van der Waals surface area contributed by atoms with E-state index < -0.39 is 9.84 Å². The third kappa shape index (κ3) is 5.51. The molecule has 0 spiro atoms. The lowest BCUT2D eigenvalue weighted by Gasteiger charge is -2.00. The lowest BCUT2D eigenvalue weighted by Crippen LogP contribution is -1.97. The molecule has 0 bridgehead atoms. The van der Waals surface area contributed by atoms with E-state index in [1.807, 2.05) is 0 Å². The monoisotopic (exact) mass is 307 g/mol. The number of halogens is 1. The maximum atomic E-state index is 11.0. The van der Waals surface area contributed by atoms with Crippen molar-refractivity contribution in [2.75, 3.05) is 12.0 Å². The van der Waals surface area contributed by atoms with Gasteiger partial charge in [0.25, 0.3) is 0 Å². The number of anilines is 1. The van der Waals surface area contributed by atoms with Gasteiger partial charge in [0.15, 0.2) is 9.84 Å². The Bertz CT molecular complexity index is 428. The molecule has 0 saturated heterocycles. The molecular formula is C11H18BrNO2S. The molecule has 0 unspecified atom stereocenters. The second-order valence-electron chi connectivity index (χ2n) is 3.46. The Kier molecular flexibility index (Phi) is 6.67. The van der Waals surface area contributed by atoms with Gasteiger partial charge in [0.05, 0.1) is 4.90 Å². The Morgan fingerprint density at radius 2 is 1.75 bits per heavy atom. The second kappa shape index (κ2) is 6.91. The van der Waals surface area contributed by atoms with Crippen molar-refractivity contribution in [1.82, 2.24) is 0 Å². The number of rotatable bonds is 2. The number of nitrogen functional groups attached to an aromatic ring is 1. The highest BCUT2D eigenvalue weighted by atomic mass is 79.9. The standard InChI is InChI=1S/C7H8BrNO2S.C4H10/c1-12(10,11)5-2-3-7(9)6(8)4-5;1-3-4-2/h2-4H,9H2,1H3;3-4H2,1-2H3. The van der Waals surface area contributed by atoms with Crippen molar-refractivity contribution in [2.45, 2.75) is 31.6 Å². The lowest BCUT2D eigenvalue weighted by molar-refractivity contribution is 0.602. The van der Waals surface area contributed by atoms with Crippen LogP contribution in [0.25, 0.3) is 0 Å². The largest absolute Gasteiger partial charge is 0.398 e. The van der Waals surface area contributed by atoms with Crippen LogP contribution in [-0.4, -0.2) is 14.7 Å². The van der Waals surface area contributed by atoms with Crippen LogP contribution in [0.2, 0.25) is 0 Å². The molecule has 0 radical (unpaired) electrons. The fraction of sp³-hybridized carbons (Fsp3) is 0.455. The Balaban J connectivity index is 0.000000487. The van der Waals surface area contributed by atoms with Gasteiger partial charge in [0.1, 0.15) is 0 Å². The molecule has 0 heterocycles. The van der Waals surface area contributed by atoms with Crippen LogP contribution >= 0.6 is 15.9 Å². The van der Waals surface area contributed by atoms with Crippen molar-refractivity contribution in [3.8, 4) is 0 Å². The van der Waals surface area contributed by atoms with Gasteiger partial charge in [0.2, 0.25) is 0 Å². The van der Waals surface area contributed by atoms with Crippen LogP contribution in [0.1, 0.15) is 26.7 Å². The topological polar surface area (TPSA) is 60.2 Å². The summed E-state index contributed by atoms with van der Waals surface area (Å²) in [7, 11) is -3.13. The third-order valence-corrected chi connectivity index (χ3v) is 3.70. The molecular weight excluding hydrogens is 290 g/mol. The van der Waals surface area contributed by atoms with E-state index in [2.05, 4.69) is 29.8 Å². The minimum absolute atomic E-state index is 0.267. The number of unbranched alkanes of at least 4 members (excludes halogenated alkanes) is 1. The molecule has 0 aliphatic rings. The molecule has 0 amide bonds. The summed E-state index contributed by atoms with van der Waals surface area (Å²) in [6, 6.07) is 4.53. The molecule has 3 nitrogen and oxygen atoms in total. The Labute approximate surface area is 106 Å². The molecule has 92 valence electrons. The SMILES string of the molecule is CCCC.CS(=O)(=O)c1ccc(N)c(Br)c1. The van der Waals surface area contributed by atoms with Crippen LogP contribution in [0.4, 0.5) is 5.69 Å². The van der Waals surface area contributed by atoms with Crippen LogP contribution in [0, 0.1) is 0 Å². The highest BCUT2D eigenvalue weighted by molar-refractivity contribution is 9.10. The van der Waals surface area contributed by atoms with Crippen LogP contribution in [0.3, 0.4) is 0 Å². The molecule has 1 rings (SSSR count). The molecule has 0 atom stereocenters. The van der Waals surface area contributed by atoms with Gasteiger partial charge in [-0.25, -0.2) is 8.42 Å². The summed E-state index contributed by atoms with van der Waals surface area (Å²) in [6.45, 7) is 4.36. The van der Waals surface area contributed by atoms with Gasteiger partial charge in [0, 0.05) is 16.4 Å². The van der Waals surface area contributed by atoms with E-state index in [1.54, 1.807) is 6.07 Å². The van der Waals surface area contributed by atoms with Gasteiger partial charge >= 0.3 is 0 Å².